The SMILES string of the molecule is CCC(CC)C(=O)/C=C(\O)C(CC)CC.Cc1[c-]c(-c2nccc3c2ccc2c3ccc3cc(C4CCC(C)(C)CC4)sc32)cc(C)c1.[Ir]. The third-order valence-corrected chi connectivity index (χ3v) is 12.0. The van der Waals surface area contributed by atoms with Crippen LogP contribution in [-0.2, 0) is 24.9 Å². The van der Waals surface area contributed by atoms with Gasteiger partial charge in [-0.1, -0.05) is 79.7 Å². The van der Waals surface area contributed by atoms with E-state index in [9.17, 15) is 9.90 Å². The van der Waals surface area contributed by atoms with Crippen molar-refractivity contribution in [1.82, 2.24) is 4.98 Å². The van der Waals surface area contributed by atoms with Crippen LogP contribution in [0.25, 0.3) is 42.9 Å². The molecule has 1 saturated carbocycles. The largest absolute Gasteiger partial charge is 0.512 e. The second kappa shape index (κ2) is 16.9. The quantitative estimate of drug-likeness (QED) is 0.0695. The molecule has 263 valence electrons. The molecule has 1 aliphatic rings. The van der Waals surface area contributed by atoms with E-state index < -0.39 is 0 Å². The fraction of sp³-hybridized carbons (Fsp3) is 0.455. The Balaban J connectivity index is 0.000000290. The summed E-state index contributed by atoms with van der Waals surface area (Å²) in [6.07, 6.45) is 12.2. The zero-order valence-electron chi connectivity index (χ0n) is 30.7. The minimum atomic E-state index is 0. The molecule has 0 spiro atoms. The predicted molar refractivity (Wildman–Crippen MR) is 207 cm³/mol. The zero-order chi connectivity index (χ0) is 34.6. The molecule has 5 heteroatoms. The number of fused-ring (bicyclic) bond motifs is 5. The second-order valence-corrected chi connectivity index (χ2v) is 15.8. The Kier molecular flexibility index (Phi) is 13.4. The molecule has 0 aliphatic heterocycles. The molecule has 0 amide bonds. The first-order chi connectivity index (χ1) is 23.0. The molecule has 0 unspecified atom stereocenters. The van der Waals surface area contributed by atoms with Crippen LogP contribution in [-0.4, -0.2) is 15.9 Å². The Morgan fingerprint density at radius 2 is 1.51 bits per heavy atom. The van der Waals surface area contributed by atoms with Gasteiger partial charge in [-0.05, 0) is 102 Å². The maximum absolute atomic E-state index is 11.7. The molecule has 1 radical (unpaired) electrons. The number of nitrogens with zero attached hydrogens (tertiary/aromatic N) is 1. The van der Waals surface area contributed by atoms with Crippen molar-refractivity contribution < 1.29 is 30.0 Å². The second-order valence-electron chi connectivity index (χ2n) is 14.7. The number of thiophene rings is 1. The molecule has 5 aromatic rings. The summed E-state index contributed by atoms with van der Waals surface area (Å²) in [4.78, 5) is 18.1. The van der Waals surface area contributed by atoms with Crippen LogP contribution >= 0.6 is 11.3 Å². The minimum absolute atomic E-state index is 0. The van der Waals surface area contributed by atoms with E-state index in [1.54, 1.807) is 4.88 Å². The molecular formula is C44H54IrNO2S-. The van der Waals surface area contributed by atoms with Gasteiger partial charge in [0.2, 0.25) is 0 Å². The van der Waals surface area contributed by atoms with Crippen LogP contribution in [0.1, 0.15) is 115 Å². The number of aliphatic hydroxyl groups is 1. The van der Waals surface area contributed by atoms with Gasteiger partial charge in [0.1, 0.15) is 0 Å². The first-order valence-corrected chi connectivity index (χ1v) is 19.0. The molecule has 0 saturated heterocycles. The van der Waals surface area contributed by atoms with Crippen LogP contribution in [0.5, 0.6) is 0 Å². The van der Waals surface area contributed by atoms with E-state index in [0.717, 1.165) is 48.4 Å². The van der Waals surface area contributed by atoms with Crippen LogP contribution in [0, 0.1) is 37.2 Å². The maximum Gasteiger partial charge on any atom is 0.162 e. The maximum atomic E-state index is 11.7. The average Bonchev–Trinajstić information content (AvgIpc) is 3.50. The van der Waals surface area contributed by atoms with Gasteiger partial charge in [0.15, 0.2) is 5.78 Å². The van der Waals surface area contributed by atoms with Crippen molar-refractivity contribution in [2.45, 2.75) is 113 Å². The Bertz CT molecular complexity index is 1900. The van der Waals surface area contributed by atoms with Crippen LogP contribution in [0.3, 0.4) is 0 Å². The van der Waals surface area contributed by atoms with Crippen molar-refractivity contribution in [3.63, 3.8) is 0 Å². The van der Waals surface area contributed by atoms with E-state index in [0.29, 0.717) is 5.41 Å². The van der Waals surface area contributed by atoms with Gasteiger partial charge in [0.05, 0.1) is 5.76 Å². The van der Waals surface area contributed by atoms with Gasteiger partial charge in [0, 0.05) is 59.2 Å². The number of benzene rings is 3. The van der Waals surface area contributed by atoms with Gasteiger partial charge in [-0.3, -0.25) is 4.79 Å². The van der Waals surface area contributed by atoms with E-state index in [1.807, 2.05) is 45.2 Å². The molecular weight excluding hydrogens is 799 g/mol. The summed E-state index contributed by atoms with van der Waals surface area (Å²) in [6, 6.07) is 21.8. The summed E-state index contributed by atoms with van der Waals surface area (Å²) in [6.45, 7) is 17.2. The van der Waals surface area contributed by atoms with Crippen molar-refractivity contribution in [2.24, 2.45) is 17.3 Å². The number of ketones is 1. The first-order valence-electron chi connectivity index (χ1n) is 18.2. The molecule has 1 fully saturated rings. The Morgan fingerprint density at radius 1 is 0.898 bits per heavy atom. The number of hydrogen-bond donors (Lipinski definition) is 1. The van der Waals surface area contributed by atoms with Gasteiger partial charge >= 0.3 is 0 Å². The fourth-order valence-electron chi connectivity index (χ4n) is 7.49. The molecule has 0 bridgehead atoms. The monoisotopic (exact) mass is 853 g/mol. The van der Waals surface area contributed by atoms with Crippen molar-refractivity contribution in [1.29, 1.82) is 0 Å². The zero-order valence-corrected chi connectivity index (χ0v) is 33.9. The summed E-state index contributed by atoms with van der Waals surface area (Å²) >= 11 is 2.02. The smallest absolute Gasteiger partial charge is 0.162 e. The number of pyridine rings is 1. The van der Waals surface area contributed by atoms with Gasteiger partial charge in [-0.2, -0.15) is 0 Å². The molecule has 1 aliphatic carbocycles. The molecule has 1 N–H and O–H groups in total. The predicted octanol–water partition coefficient (Wildman–Crippen LogP) is 13.2. The number of rotatable bonds is 9. The number of aliphatic hydroxyl groups excluding tert-OH is 1. The Hall–Kier alpha value is -2.85. The number of hydrogen-bond acceptors (Lipinski definition) is 4. The van der Waals surface area contributed by atoms with Crippen LogP contribution in [0.4, 0.5) is 0 Å². The Morgan fingerprint density at radius 3 is 2.14 bits per heavy atom. The van der Waals surface area contributed by atoms with E-state index in [-0.39, 0.29) is 43.5 Å². The number of aromatic nitrogens is 1. The minimum Gasteiger partial charge on any atom is -0.512 e. The van der Waals surface area contributed by atoms with Gasteiger partial charge in [-0.25, -0.2) is 0 Å². The van der Waals surface area contributed by atoms with Crippen LogP contribution in [0.15, 0.2) is 66.6 Å². The van der Waals surface area contributed by atoms with Crippen LogP contribution in [0.2, 0.25) is 0 Å². The summed E-state index contributed by atoms with van der Waals surface area (Å²) < 4.78 is 1.44. The number of carbonyl (C=O) groups excluding carboxylic acids is 1. The van der Waals surface area contributed by atoms with E-state index in [4.69, 9.17) is 4.98 Å². The summed E-state index contributed by atoms with van der Waals surface area (Å²) in [5.41, 5.74) is 5.02. The van der Waals surface area contributed by atoms with Crippen molar-refractivity contribution in [3.8, 4) is 11.3 Å². The molecule has 2 aromatic heterocycles. The molecule has 3 aromatic carbocycles. The summed E-state index contributed by atoms with van der Waals surface area (Å²) in [5, 5.41) is 16.3. The molecule has 2 heterocycles. The van der Waals surface area contributed by atoms with Gasteiger partial charge in [0.25, 0.3) is 0 Å². The molecule has 3 nitrogen and oxygen atoms in total. The average molecular weight is 853 g/mol. The third-order valence-electron chi connectivity index (χ3n) is 10.7. The first kappa shape index (κ1) is 38.9. The summed E-state index contributed by atoms with van der Waals surface area (Å²) in [7, 11) is 0. The van der Waals surface area contributed by atoms with E-state index >= 15 is 0 Å². The Labute approximate surface area is 312 Å². The molecule has 6 rings (SSSR count). The van der Waals surface area contributed by atoms with E-state index in [1.165, 1.54) is 69.0 Å². The topological polar surface area (TPSA) is 50.2 Å². The molecule has 0 atom stereocenters. The normalized spacial score (nSPS) is 15.1. The van der Waals surface area contributed by atoms with Gasteiger partial charge < -0.3 is 10.1 Å². The van der Waals surface area contributed by atoms with Gasteiger partial charge in [-0.15, -0.1) is 46.2 Å². The molecule has 49 heavy (non-hydrogen) atoms. The van der Waals surface area contributed by atoms with Crippen LogP contribution < -0.4 is 0 Å². The number of allylic oxidation sites excluding steroid dienone is 2. The number of aryl methyl sites for hydroxylation is 2. The van der Waals surface area contributed by atoms with E-state index in [2.05, 4.69) is 82.3 Å². The fourth-order valence-corrected chi connectivity index (χ4v) is 8.85. The third kappa shape index (κ3) is 8.91. The standard InChI is InChI=1S/C31H30NS.C13H24O2.Ir/c1-19-15-20(2)17-23(16-19)29-26-7-8-27-24(25(26)11-14-32-29)6-5-22-18-28(33-30(22)27)21-9-12-31(3,4)13-10-21;1-5-10(6-2)12(14)9-13(15)11(7-3)8-4;/h5-8,11,14-16,18,21H,9-10,12-13H2,1-4H3;9-11,14H,5-8H2,1-4H3;/q-1;;/b;12-9-;. The van der Waals surface area contributed by atoms with Crippen molar-refractivity contribution in [2.75, 3.05) is 0 Å². The van der Waals surface area contributed by atoms with Crippen molar-refractivity contribution >= 4 is 48.8 Å². The van der Waals surface area contributed by atoms with Crippen molar-refractivity contribution in [3.05, 3.63) is 88.6 Å². The summed E-state index contributed by atoms with van der Waals surface area (Å²) in [5.74, 6) is 1.27. The number of carbonyl (C=O) groups is 1.